The standard InChI is InChI=1S/C19H25FN2O5S/c1-28(25,26)14-6-7-18(15(20)8-14)27-11-12-2-4-13(5-3-12)22-16-9-21(19(23)24)10-17(16)22/h6-8,12-13,16-17H,2-5,9-11H2,1H3,(H,23,24). The second-order valence-electron chi connectivity index (χ2n) is 8.12. The van der Waals surface area contributed by atoms with Gasteiger partial charge in [-0.2, -0.15) is 0 Å². The molecule has 3 fully saturated rings. The minimum absolute atomic E-state index is 0.0525. The number of benzene rings is 1. The van der Waals surface area contributed by atoms with Crippen molar-refractivity contribution in [2.75, 3.05) is 26.0 Å². The fourth-order valence-corrected chi connectivity index (χ4v) is 5.29. The third-order valence-corrected chi connectivity index (χ3v) is 7.36. The quantitative estimate of drug-likeness (QED) is 0.747. The molecule has 2 atom stereocenters. The van der Waals surface area contributed by atoms with E-state index in [4.69, 9.17) is 9.84 Å². The molecular weight excluding hydrogens is 387 g/mol. The van der Waals surface area contributed by atoms with E-state index in [1.165, 1.54) is 17.0 Å². The first-order valence-electron chi connectivity index (χ1n) is 9.61. The summed E-state index contributed by atoms with van der Waals surface area (Å²) in [6.07, 6.45) is 4.29. The Kier molecular flexibility index (Phi) is 4.99. The van der Waals surface area contributed by atoms with Crippen LogP contribution < -0.4 is 4.74 Å². The number of piperazine rings is 1. The van der Waals surface area contributed by atoms with E-state index in [9.17, 15) is 17.6 Å². The molecule has 2 unspecified atom stereocenters. The Bertz CT molecular complexity index is 857. The predicted molar refractivity (Wildman–Crippen MR) is 99.8 cm³/mol. The Morgan fingerprint density at radius 2 is 1.86 bits per heavy atom. The molecule has 0 spiro atoms. The van der Waals surface area contributed by atoms with Gasteiger partial charge in [0.25, 0.3) is 0 Å². The molecule has 1 saturated carbocycles. The van der Waals surface area contributed by atoms with Crippen LogP contribution in [-0.2, 0) is 9.84 Å². The van der Waals surface area contributed by atoms with Gasteiger partial charge < -0.3 is 14.7 Å². The molecule has 0 aromatic heterocycles. The second-order valence-corrected chi connectivity index (χ2v) is 10.1. The first-order chi connectivity index (χ1) is 13.2. The minimum atomic E-state index is -3.44. The van der Waals surface area contributed by atoms with Crippen LogP contribution in [0, 0.1) is 11.7 Å². The van der Waals surface area contributed by atoms with Crippen molar-refractivity contribution in [2.45, 2.75) is 48.7 Å². The Balaban J connectivity index is 1.23. The highest BCUT2D eigenvalue weighted by Gasteiger charge is 2.57. The zero-order valence-electron chi connectivity index (χ0n) is 15.8. The summed E-state index contributed by atoms with van der Waals surface area (Å²) in [6.45, 7) is 1.65. The molecule has 3 aliphatic rings. The number of carboxylic acid groups (broad SMARTS) is 1. The highest BCUT2D eigenvalue weighted by molar-refractivity contribution is 7.90. The molecule has 4 rings (SSSR count). The topological polar surface area (TPSA) is 86.9 Å². The van der Waals surface area contributed by atoms with Crippen LogP contribution in [0.5, 0.6) is 5.75 Å². The Labute approximate surface area is 164 Å². The van der Waals surface area contributed by atoms with Gasteiger partial charge in [-0.05, 0) is 49.8 Å². The number of hydrogen-bond donors (Lipinski definition) is 1. The maximum atomic E-state index is 14.1. The maximum Gasteiger partial charge on any atom is 0.407 e. The monoisotopic (exact) mass is 412 g/mol. The molecule has 0 radical (unpaired) electrons. The fraction of sp³-hybridized carbons (Fsp3) is 0.632. The van der Waals surface area contributed by atoms with Crippen molar-refractivity contribution in [1.82, 2.24) is 9.80 Å². The molecule has 154 valence electrons. The summed E-state index contributed by atoms with van der Waals surface area (Å²) in [4.78, 5) is 14.9. The van der Waals surface area contributed by atoms with Gasteiger partial charge in [0.15, 0.2) is 21.4 Å². The molecule has 0 bridgehead atoms. The predicted octanol–water partition coefficient (Wildman–Crippen LogP) is 2.21. The number of ether oxygens (including phenoxy) is 1. The van der Waals surface area contributed by atoms with Crippen molar-refractivity contribution in [3.05, 3.63) is 24.0 Å². The van der Waals surface area contributed by atoms with Crippen LogP contribution in [0.25, 0.3) is 0 Å². The van der Waals surface area contributed by atoms with Crippen LogP contribution in [0.15, 0.2) is 23.1 Å². The van der Waals surface area contributed by atoms with Crippen LogP contribution in [0.2, 0.25) is 0 Å². The number of hydrogen-bond acceptors (Lipinski definition) is 5. The number of fused-ring (bicyclic) bond motifs is 1. The molecule has 9 heteroatoms. The first kappa shape index (κ1) is 19.4. The van der Waals surface area contributed by atoms with Gasteiger partial charge in [0.1, 0.15) is 0 Å². The van der Waals surface area contributed by atoms with E-state index >= 15 is 0 Å². The van der Waals surface area contributed by atoms with E-state index in [0.717, 1.165) is 38.0 Å². The first-order valence-corrected chi connectivity index (χ1v) is 11.5. The summed E-state index contributed by atoms with van der Waals surface area (Å²) in [5, 5.41) is 9.05. The van der Waals surface area contributed by atoms with E-state index in [0.29, 0.717) is 43.7 Å². The largest absolute Gasteiger partial charge is 0.490 e. The van der Waals surface area contributed by atoms with E-state index in [-0.39, 0.29) is 10.6 Å². The molecule has 1 amide bonds. The third-order valence-electron chi connectivity index (χ3n) is 6.25. The second kappa shape index (κ2) is 7.18. The molecule has 2 aliphatic heterocycles. The van der Waals surface area contributed by atoms with Crippen molar-refractivity contribution < 1.29 is 27.4 Å². The zero-order chi connectivity index (χ0) is 20.1. The van der Waals surface area contributed by atoms with E-state index < -0.39 is 21.7 Å². The number of likely N-dealkylation sites (tertiary alicyclic amines) is 1. The molecule has 7 nitrogen and oxygen atoms in total. The maximum absolute atomic E-state index is 14.1. The van der Waals surface area contributed by atoms with Gasteiger partial charge in [0.05, 0.1) is 11.5 Å². The van der Waals surface area contributed by atoms with E-state index in [2.05, 4.69) is 4.90 Å². The van der Waals surface area contributed by atoms with Crippen molar-refractivity contribution >= 4 is 15.9 Å². The Morgan fingerprint density at radius 3 is 2.39 bits per heavy atom. The molecule has 2 saturated heterocycles. The Hall–Kier alpha value is -1.87. The smallest absolute Gasteiger partial charge is 0.407 e. The van der Waals surface area contributed by atoms with Gasteiger partial charge in [0.2, 0.25) is 0 Å². The fourth-order valence-electron chi connectivity index (χ4n) is 4.66. The molecular formula is C19H25FN2O5S. The molecule has 1 aromatic rings. The SMILES string of the molecule is CS(=O)(=O)c1ccc(OCC2CCC(N3C4CN(C(=O)O)CC43)CC2)c(F)c1. The third kappa shape index (κ3) is 3.82. The summed E-state index contributed by atoms with van der Waals surface area (Å²) in [6, 6.07) is 5.02. The van der Waals surface area contributed by atoms with Gasteiger partial charge in [0, 0.05) is 37.5 Å². The number of sulfone groups is 1. The van der Waals surface area contributed by atoms with Gasteiger partial charge in [-0.15, -0.1) is 0 Å². The molecule has 28 heavy (non-hydrogen) atoms. The number of rotatable bonds is 5. The summed E-state index contributed by atoms with van der Waals surface area (Å²) in [5.74, 6) is -0.221. The van der Waals surface area contributed by atoms with Gasteiger partial charge in [-0.25, -0.2) is 17.6 Å². The lowest BCUT2D eigenvalue weighted by atomic mass is 9.86. The number of halogens is 1. The zero-order valence-corrected chi connectivity index (χ0v) is 16.6. The van der Waals surface area contributed by atoms with Crippen LogP contribution in [0.3, 0.4) is 0 Å². The van der Waals surface area contributed by atoms with Crippen molar-refractivity contribution in [3.63, 3.8) is 0 Å². The highest BCUT2D eigenvalue weighted by Crippen LogP contribution is 2.42. The van der Waals surface area contributed by atoms with Gasteiger partial charge >= 0.3 is 6.09 Å². The van der Waals surface area contributed by atoms with Crippen LogP contribution in [0.1, 0.15) is 25.7 Å². The summed E-state index contributed by atoms with van der Waals surface area (Å²) in [7, 11) is -3.44. The van der Waals surface area contributed by atoms with Crippen LogP contribution >= 0.6 is 0 Å². The lowest BCUT2D eigenvalue weighted by Crippen LogP contribution is -2.38. The number of nitrogens with zero attached hydrogens (tertiary/aromatic N) is 2. The van der Waals surface area contributed by atoms with Gasteiger partial charge in [-0.3, -0.25) is 4.90 Å². The molecule has 2 heterocycles. The number of carbonyl (C=O) groups is 1. The molecule has 1 aromatic carbocycles. The molecule has 1 aliphatic carbocycles. The average Bonchev–Trinajstić information content (AvgIpc) is 3.13. The Morgan fingerprint density at radius 1 is 1.21 bits per heavy atom. The average molecular weight is 412 g/mol. The van der Waals surface area contributed by atoms with Crippen LogP contribution in [0.4, 0.5) is 9.18 Å². The van der Waals surface area contributed by atoms with Gasteiger partial charge in [-0.1, -0.05) is 0 Å². The molecule has 1 N–H and O–H groups in total. The summed E-state index contributed by atoms with van der Waals surface area (Å²) >= 11 is 0. The van der Waals surface area contributed by atoms with Crippen LogP contribution in [-0.4, -0.2) is 73.5 Å². The number of amides is 1. The summed E-state index contributed by atoms with van der Waals surface area (Å²) < 4.78 is 42.6. The lowest BCUT2D eigenvalue weighted by Gasteiger charge is -2.31. The summed E-state index contributed by atoms with van der Waals surface area (Å²) in [5.41, 5.74) is 0. The highest BCUT2D eigenvalue weighted by atomic mass is 32.2. The normalized spacial score (nSPS) is 32.1. The van der Waals surface area contributed by atoms with Crippen molar-refractivity contribution in [2.24, 2.45) is 5.92 Å². The lowest BCUT2D eigenvalue weighted by molar-refractivity contribution is 0.128. The van der Waals surface area contributed by atoms with E-state index in [1.807, 2.05) is 0 Å². The van der Waals surface area contributed by atoms with Crippen molar-refractivity contribution in [1.29, 1.82) is 0 Å². The minimum Gasteiger partial charge on any atom is -0.490 e. The van der Waals surface area contributed by atoms with E-state index in [1.54, 1.807) is 0 Å². The van der Waals surface area contributed by atoms with Crippen molar-refractivity contribution in [3.8, 4) is 5.75 Å².